The highest BCUT2D eigenvalue weighted by Crippen LogP contribution is 2.35. The largest absolute Gasteiger partial charge is 0.464 e. The third kappa shape index (κ3) is 3.14. The molecule has 2 aliphatic rings. The zero-order valence-corrected chi connectivity index (χ0v) is 18.6. The van der Waals surface area contributed by atoms with Crippen LogP contribution in [0.2, 0.25) is 0 Å². The number of fused-ring (bicyclic) bond motifs is 6. The number of hydrogen-bond acceptors (Lipinski definition) is 5. The maximum absolute atomic E-state index is 13.3. The van der Waals surface area contributed by atoms with E-state index in [2.05, 4.69) is 0 Å². The second-order valence-corrected chi connectivity index (χ2v) is 9.43. The van der Waals surface area contributed by atoms with Gasteiger partial charge in [0, 0.05) is 54.2 Å². The summed E-state index contributed by atoms with van der Waals surface area (Å²) in [7, 11) is 0. The van der Waals surface area contributed by atoms with Crippen molar-refractivity contribution in [1.29, 1.82) is 0 Å². The number of pyridine rings is 1. The molecule has 2 bridgehead atoms. The van der Waals surface area contributed by atoms with E-state index in [9.17, 15) is 14.4 Å². The SMILES string of the molecule is Cc1coc2cc3oc(=O)c(CC(=O)N4C[C@@H]5C[C@H](C4)c4cccc(=O)n4C5)c(C)c3cc12. The molecular formula is C26H24N2O5. The molecule has 168 valence electrons. The number of carbonyl (C=O) groups excluding carboxylic acids is 1. The van der Waals surface area contributed by atoms with Crippen LogP contribution in [0.25, 0.3) is 21.9 Å². The highest BCUT2D eigenvalue weighted by molar-refractivity contribution is 5.96. The molecule has 0 spiro atoms. The first-order valence-electron chi connectivity index (χ1n) is 11.3. The molecule has 2 atom stereocenters. The molecule has 1 amide bonds. The standard InChI is InChI=1S/C26H24N2O5/c1-14-13-32-22-9-23-19(7-18(14)22)15(2)20(26(31)33-23)8-25(30)27-10-16-6-17(12-27)21-4-3-5-24(29)28(21)11-16/h3-5,7,9,13,16-17H,6,8,10-12H2,1-2H3/t16-,17+/m0/s1. The van der Waals surface area contributed by atoms with Crippen molar-refractivity contribution < 1.29 is 13.6 Å². The molecule has 1 fully saturated rings. The van der Waals surface area contributed by atoms with Crippen LogP contribution in [0.15, 0.2) is 55.0 Å². The van der Waals surface area contributed by atoms with Gasteiger partial charge < -0.3 is 18.3 Å². The van der Waals surface area contributed by atoms with Crippen molar-refractivity contribution in [2.24, 2.45) is 5.92 Å². The Labute approximate surface area is 189 Å². The van der Waals surface area contributed by atoms with Gasteiger partial charge in [0.05, 0.1) is 18.2 Å². The third-order valence-corrected chi connectivity index (χ3v) is 7.34. The number of carbonyl (C=O) groups is 1. The topological polar surface area (TPSA) is 85.7 Å². The number of likely N-dealkylation sites (tertiary alicyclic amines) is 1. The molecule has 0 saturated carbocycles. The van der Waals surface area contributed by atoms with Crippen LogP contribution in [0, 0.1) is 19.8 Å². The summed E-state index contributed by atoms with van der Waals surface area (Å²) in [5.41, 5.74) is 3.85. The fourth-order valence-corrected chi connectivity index (χ4v) is 5.60. The fraction of sp³-hybridized carbons (Fsp3) is 0.346. The van der Waals surface area contributed by atoms with Crippen LogP contribution in [0.4, 0.5) is 0 Å². The van der Waals surface area contributed by atoms with Crippen LogP contribution in [0.3, 0.4) is 0 Å². The third-order valence-electron chi connectivity index (χ3n) is 7.34. The number of furan rings is 1. The van der Waals surface area contributed by atoms with Gasteiger partial charge in [-0.25, -0.2) is 4.79 Å². The van der Waals surface area contributed by atoms with Crippen molar-refractivity contribution in [2.45, 2.75) is 39.2 Å². The highest BCUT2D eigenvalue weighted by Gasteiger charge is 2.36. The molecule has 7 heteroatoms. The molecule has 5 heterocycles. The lowest BCUT2D eigenvalue weighted by Crippen LogP contribution is -2.49. The van der Waals surface area contributed by atoms with E-state index < -0.39 is 5.63 Å². The second-order valence-electron chi connectivity index (χ2n) is 9.43. The highest BCUT2D eigenvalue weighted by atomic mass is 16.4. The lowest BCUT2D eigenvalue weighted by molar-refractivity contribution is -0.133. The summed E-state index contributed by atoms with van der Waals surface area (Å²) in [6.07, 6.45) is 2.67. The number of aromatic nitrogens is 1. The van der Waals surface area contributed by atoms with Crippen LogP contribution in [-0.2, 0) is 17.8 Å². The maximum Gasteiger partial charge on any atom is 0.340 e. The lowest BCUT2D eigenvalue weighted by Gasteiger charge is -2.42. The van der Waals surface area contributed by atoms with Crippen LogP contribution in [0.1, 0.15) is 34.7 Å². The summed E-state index contributed by atoms with van der Waals surface area (Å²) < 4.78 is 13.0. The smallest absolute Gasteiger partial charge is 0.340 e. The van der Waals surface area contributed by atoms with E-state index >= 15 is 0 Å². The summed E-state index contributed by atoms with van der Waals surface area (Å²) in [5.74, 6) is 0.306. The van der Waals surface area contributed by atoms with Gasteiger partial charge in [-0.2, -0.15) is 0 Å². The first-order chi connectivity index (χ1) is 15.9. The molecule has 6 rings (SSSR count). The van der Waals surface area contributed by atoms with E-state index in [-0.39, 0.29) is 29.7 Å². The predicted octanol–water partition coefficient (Wildman–Crippen LogP) is 3.51. The Morgan fingerprint density at radius 2 is 1.91 bits per heavy atom. The number of amides is 1. The Kier molecular flexibility index (Phi) is 4.37. The molecule has 7 nitrogen and oxygen atoms in total. The molecule has 1 aromatic carbocycles. The average molecular weight is 444 g/mol. The van der Waals surface area contributed by atoms with Gasteiger partial charge in [-0.3, -0.25) is 9.59 Å². The van der Waals surface area contributed by atoms with Crippen LogP contribution in [-0.4, -0.2) is 28.5 Å². The van der Waals surface area contributed by atoms with Gasteiger partial charge in [-0.15, -0.1) is 0 Å². The molecule has 1 saturated heterocycles. The Bertz CT molecular complexity index is 1560. The Morgan fingerprint density at radius 1 is 1.06 bits per heavy atom. The van der Waals surface area contributed by atoms with Crippen molar-refractivity contribution in [3.63, 3.8) is 0 Å². The first kappa shape index (κ1) is 20.0. The Hall–Kier alpha value is -3.61. The van der Waals surface area contributed by atoms with Gasteiger partial charge in [0.1, 0.15) is 11.2 Å². The molecule has 0 N–H and O–H groups in total. The molecule has 2 aliphatic heterocycles. The lowest BCUT2D eigenvalue weighted by atomic mass is 9.83. The van der Waals surface area contributed by atoms with Gasteiger partial charge in [0.2, 0.25) is 5.91 Å². The van der Waals surface area contributed by atoms with Crippen molar-refractivity contribution >= 4 is 27.8 Å². The molecule has 0 unspecified atom stereocenters. The van der Waals surface area contributed by atoms with Crippen molar-refractivity contribution in [1.82, 2.24) is 9.47 Å². The average Bonchev–Trinajstić information content (AvgIpc) is 3.15. The Morgan fingerprint density at radius 3 is 2.76 bits per heavy atom. The van der Waals surface area contributed by atoms with E-state index in [1.54, 1.807) is 24.5 Å². The second kappa shape index (κ2) is 7.20. The van der Waals surface area contributed by atoms with Gasteiger partial charge in [-0.05, 0) is 49.4 Å². The minimum atomic E-state index is -0.481. The zero-order valence-electron chi connectivity index (χ0n) is 18.6. The van der Waals surface area contributed by atoms with E-state index in [0.717, 1.165) is 34.0 Å². The fourth-order valence-electron chi connectivity index (χ4n) is 5.60. The summed E-state index contributed by atoms with van der Waals surface area (Å²) in [6.45, 7) is 5.63. The van der Waals surface area contributed by atoms with Gasteiger partial charge in [-0.1, -0.05) is 6.07 Å². The summed E-state index contributed by atoms with van der Waals surface area (Å²) in [5, 5.41) is 1.78. The van der Waals surface area contributed by atoms with Crippen LogP contribution >= 0.6 is 0 Å². The predicted molar refractivity (Wildman–Crippen MR) is 124 cm³/mol. The summed E-state index contributed by atoms with van der Waals surface area (Å²) >= 11 is 0. The minimum absolute atomic E-state index is 0.00749. The maximum atomic E-state index is 13.3. The molecule has 33 heavy (non-hydrogen) atoms. The number of piperidine rings is 1. The van der Waals surface area contributed by atoms with Crippen LogP contribution in [0.5, 0.6) is 0 Å². The van der Waals surface area contributed by atoms with E-state index in [1.807, 2.05) is 35.4 Å². The van der Waals surface area contributed by atoms with Gasteiger partial charge in [0.25, 0.3) is 5.56 Å². The number of aryl methyl sites for hydroxylation is 2. The number of nitrogens with zero attached hydrogens (tertiary/aromatic N) is 2. The zero-order chi connectivity index (χ0) is 22.9. The van der Waals surface area contributed by atoms with E-state index in [4.69, 9.17) is 8.83 Å². The van der Waals surface area contributed by atoms with Crippen molar-refractivity contribution in [2.75, 3.05) is 13.1 Å². The molecule has 4 aromatic rings. The molecule has 3 aromatic heterocycles. The van der Waals surface area contributed by atoms with E-state index in [0.29, 0.717) is 36.4 Å². The summed E-state index contributed by atoms with van der Waals surface area (Å²) in [6, 6.07) is 9.07. The number of benzene rings is 1. The Balaban J connectivity index is 1.32. The minimum Gasteiger partial charge on any atom is -0.464 e. The van der Waals surface area contributed by atoms with Crippen molar-refractivity contribution in [3.8, 4) is 0 Å². The molecule has 0 radical (unpaired) electrons. The van der Waals surface area contributed by atoms with Gasteiger partial charge in [0.15, 0.2) is 0 Å². The van der Waals surface area contributed by atoms with Crippen molar-refractivity contribution in [3.05, 3.63) is 79.8 Å². The summed E-state index contributed by atoms with van der Waals surface area (Å²) in [4.78, 5) is 40.2. The quantitative estimate of drug-likeness (QED) is 0.442. The normalized spacial score (nSPS) is 19.8. The molecular weight excluding hydrogens is 420 g/mol. The monoisotopic (exact) mass is 444 g/mol. The number of rotatable bonds is 2. The van der Waals surface area contributed by atoms with Crippen LogP contribution < -0.4 is 11.2 Å². The first-order valence-corrected chi connectivity index (χ1v) is 11.3. The van der Waals surface area contributed by atoms with E-state index in [1.165, 1.54) is 0 Å². The molecule has 0 aliphatic carbocycles. The number of hydrogen-bond donors (Lipinski definition) is 0. The van der Waals surface area contributed by atoms with Gasteiger partial charge >= 0.3 is 5.63 Å².